The molecule has 0 aliphatic rings. The van der Waals surface area contributed by atoms with Crippen molar-refractivity contribution in [2.24, 2.45) is 16.3 Å². The van der Waals surface area contributed by atoms with E-state index in [9.17, 15) is 10.1 Å². The minimum atomic E-state index is -0.828. The summed E-state index contributed by atoms with van der Waals surface area (Å²) >= 11 is 0. The zero-order chi connectivity index (χ0) is 9.78. The maximum atomic E-state index is 9.83. The minimum absolute atomic E-state index is 0.0245. The number of nitrogens with two attached hydrogens (primary N) is 1. The van der Waals surface area contributed by atoms with Gasteiger partial charge in [0.1, 0.15) is 5.10 Å². The fourth-order valence-corrected chi connectivity index (χ4v) is 0.479. The van der Waals surface area contributed by atoms with Crippen molar-refractivity contribution in [3.63, 3.8) is 0 Å². The van der Waals surface area contributed by atoms with E-state index in [0.29, 0.717) is 6.54 Å². The van der Waals surface area contributed by atoms with Crippen LogP contribution in [0.3, 0.4) is 0 Å². The summed E-state index contributed by atoms with van der Waals surface area (Å²) in [6, 6.07) is 0. The van der Waals surface area contributed by atoms with E-state index in [1.807, 2.05) is 20.8 Å². The van der Waals surface area contributed by atoms with E-state index in [0.717, 1.165) is 0 Å². The minimum Gasteiger partial charge on any atom is -0.365 e. The van der Waals surface area contributed by atoms with Crippen molar-refractivity contribution in [1.82, 2.24) is 5.32 Å². The van der Waals surface area contributed by atoms with Crippen LogP contribution < -0.4 is 11.1 Å². The number of hydrogen-bond acceptors (Lipinski definition) is 2. The van der Waals surface area contributed by atoms with Gasteiger partial charge in [-0.15, -0.1) is 0 Å². The highest BCUT2D eigenvalue weighted by Gasteiger charge is 2.10. The van der Waals surface area contributed by atoms with E-state index >= 15 is 0 Å². The summed E-state index contributed by atoms with van der Waals surface area (Å²) in [6.45, 7) is 6.51. The van der Waals surface area contributed by atoms with E-state index in [2.05, 4.69) is 10.4 Å². The predicted molar refractivity (Wildman–Crippen MR) is 46.1 cm³/mol. The fourth-order valence-electron chi connectivity index (χ4n) is 0.479. The Bertz CT molecular complexity index is 194. The van der Waals surface area contributed by atoms with Gasteiger partial charge in [0.15, 0.2) is 5.03 Å². The molecule has 0 amide bonds. The van der Waals surface area contributed by atoms with Gasteiger partial charge in [-0.2, -0.15) is 0 Å². The molecule has 0 unspecified atom stereocenters. The summed E-state index contributed by atoms with van der Waals surface area (Å²) in [5.41, 5.74) is 5.20. The average molecular weight is 174 g/mol. The Kier molecular flexibility index (Phi) is 3.46. The third kappa shape index (κ3) is 6.79. The maximum Gasteiger partial charge on any atom is 0.266 e. The van der Waals surface area contributed by atoms with Gasteiger partial charge in [-0.1, -0.05) is 20.8 Å². The fraction of sp³-hybridized carbons (Fsp3) is 0.833. The molecule has 0 aromatic heterocycles. The lowest BCUT2D eigenvalue weighted by Gasteiger charge is -2.17. The Morgan fingerprint density at radius 2 is 2.17 bits per heavy atom. The molecule has 0 saturated carbocycles. The Labute approximate surface area is 71.0 Å². The summed E-state index contributed by atoms with van der Waals surface area (Å²) in [6.07, 6.45) is 0. The Balaban J connectivity index is 3.87. The second-order valence-electron chi connectivity index (χ2n) is 3.64. The molecular weight excluding hydrogens is 160 g/mol. The van der Waals surface area contributed by atoms with Crippen LogP contribution in [0.1, 0.15) is 20.8 Å². The lowest BCUT2D eigenvalue weighted by atomic mass is 9.97. The Hall–Kier alpha value is -1.33. The average Bonchev–Trinajstić information content (AvgIpc) is 1.80. The second-order valence-corrected chi connectivity index (χ2v) is 3.64. The number of rotatable bonds is 2. The van der Waals surface area contributed by atoms with Crippen LogP contribution >= 0.6 is 0 Å². The molecule has 0 radical (unpaired) electrons. The molecule has 0 saturated heterocycles. The molecule has 6 heteroatoms. The van der Waals surface area contributed by atoms with Crippen LogP contribution in [0.5, 0.6) is 0 Å². The van der Waals surface area contributed by atoms with E-state index in [1.54, 1.807) is 0 Å². The number of nitrogens with zero attached hydrogens (tertiary/aromatic N) is 2. The van der Waals surface area contributed by atoms with E-state index in [4.69, 9.17) is 5.73 Å². The van der Waals surface area contributed by atoms with Gasteiger partial charge in [-0.05, 0) is 5.41 Å². The smallest absolute Gasteiger partial charge is 0.266 e. The molecule has 0 aliphatic carbocycles. The van der Waals surface area contributed by atoms with Crippen molar-refractivity contribution in [3.8, 4) is 0 Å². The summed E-state index contributed by atoms with van der Waals surface area (Å²) < 4.78 is 0. The highest BCUT2D eigenvalue weighted by molar-refractivity contribution is 5.77. The van der Waals surface area contributed by atoms with E-state index in [-0.39, 0.29) is 11.4 Å². The Morgan fingerprint density at radius 1 is 1.67 bits per heavy atom. The van der Waals surface area contributed by atoms with E-state index in [1.165, 1.54) is 0 Å². The molecule has 0 bridgehead atoms. The SMILES string of the molecule is CC(C)(C)CN/C(N)=N/[N+](=O)[O-]. The Morgan fingerprint density at radius 3 is 2.50 bits per heavy atom. The van der Waals surface area contributed by atoms with Crippen molar-refractivity contribution < 1.29 is 5.03 Å². The third-order valence-corrected chi connectivity index (χ3v) is 0.989. The molecule has 0 spiro atoms. The van der Waals surface area contributed by atoms with Crippen molar-refractivity contribution in [2.45, 2.75) is 20.8 Å². The van der Waals surface area contributed by atoms with Gasteiger partial charge in [0.25, 0.3) is 5.96 Å². The van der Waals surface area contributed by atoms with Crippen LogP contribution in [0.25, 0.3) is 0 Å². The van der Waals surface area contributed by atoms with Crippen molar-refractivity contribution in [3.05, 3.63) is 10.1 Å². The van der Waals surface area contributed by atoms with Crippen LogP contribution in [0.4, 0.5) is 0 Å². The molecule has 70 valence electrons. The van der Waals surface area contributed by atoms with Crippen molar-refractivity contribution in [1.29, 1.82) is 0 Å². The molecule has 0 heterocycles. The van der Waals surface area contributed by atoms with Gasteiger partial charge in [0.2, 0.25) is 0 Å². The number of nitrogens with one attached hydrogen (secondary N) is 1. The largest absolute Gasteiger partial charge is 0.365 e. The molecule has 0 atom stereocenters. The lowest BCUT2D eigenvalue weighted by Crippen LogP contribution is -2.38. The molecule has 12 heavy (non-hydrogen) atoms. The maximum absolute atomic E-state index is 9.83. The first-order valence-electron chi connectivity index (χ1n) is 3.53. The second kappa shape index (κ2) is 3.89. The van der Waals surface area contributed by atoms with Crippen LogP contribution in [0, 0.1) is 15.5 Å². The van der Waals surface area contributed by atoms with Gasteiger partial charge in [0, 0.05) is 6.54 Å². The normalized spacial score (nSPS) is 12.8. The third-order valence-electron chi connectivity index (χ3n) is 0.989. The molecule has 0 aromatic rings. The predicted octanol–water partition coefficient (Wildman–Crippen LogP) is 0.129. The highest BCUT2D eigenvalue weighted by atomic mass is 16.7. The first-order valence-corrected chi connectivity index (χ1v) is 3.53. The standard InChI is InChI=1S/C6H14N4O2/c1-6(2,3)4-8-5(7)9-10(11)12/h4H2,1-3H3,(H3,7,8,9). The number of hydrazone groups is 1. The van der Waals surface area contributed by atoms with Gasteiger partial charge in [-0.25, -0.2) is 10.1 Å². The van der Waals surface area contributed by atoms with Gasteiger partial charge in [-0.3, -0.25) is 0 Å². The first-order chi connectivity index (χ1) is 5.31. The summed E-state index contributed by atoms with van der Waals surface area (Å²) in [7, 11) is 0. The monoisotopic (exact) mass is 174 g/mol. The van der Waals surface area contributed by atoms with Crippen LogP contribution in [0.2, 0.25) is 0 Å². The van der Waals surface area contributed by atoms with Crippen molar-refractivity contribution in [2.75, 3.05) is 6.54 Å². The summed E-state index contributed by atoms with van der Waals surface area (Å²) in [5, 5.41) is 14.5. The molecule has 0 aliphatic heterocycles. The number of guanidine groups is 1. The number of nitro groups is 1. The van der Waals surface area contributed by atoms with Gasteiger partial charge in [0.05, 0.1) is 0 Å². The molecule has 0 rings (SSSR count). The van der Waals surface area contributed by atoms with Crippen LogP contribution in [0.15, 0.2) is 5.10 Å². The highest BCUT2D eigenvalue weighted by Crippen LogP contribution is 2.09. The zero-order valence-corrected chi connectivity index (χ0v) is 7.50. The first kappa shape index (κ1) is 10.7. The van der Waals surface area contributed by atoms with Gasteiger partial charge >= 0.3 is 0 Å². The molecular formula is C6H14N4O2. The summed E-state index contributed by atoms with van der Waals surface area (Å²) in [5.74, 6) is -0.157. The zero-order valence-electron chi connectivity index (χ0n) is 7.50. The van der Waals surface area contributed by atoms with Gasteiger partial charge < -0.3 is 11.1 Å². The molecule has 3 N–H and O–H groups in total. The van der Waals surface area contributed by atoms with Crippen molar-refractivity contribution >= 4 is 5.96 Å². The van der Waals surface area contributed by atoms with Crippen LogP contribution in [-0.2, 0) is 0 Å². The quantitative estimate of drug-likeness (QED) is 0.269. The number of hydrogen-bond donors (Lipinski definition) is 2. The van der Waals surface area contributed by atoms with E-state index < -0.39 is 5.03 Å². The van der Waals surface area contributed by atoms with Crippen LogP contribution in [-0.4, -0.2) is 17.5 Å². The molecule has 0 aromatic carbocycles. The molecule has 6 nitrogen and oxygen atoms in total. The lowest BCUT2D eigenvalue weighted by molar-refractivity contribution is -0.485. The summed E-state index contributed by atoms with van der Waals surface area (Å²) in [4.78, 5) is 9.83. The topological polar surface area (TPSA) is 93.5 Å². The molecule has 0 fully saturated rings.